The van der Waals surface area contributed by atoms with Gasteiger partial charge in [0, 0.05) is 12.3 Å². The average Bonchev–Trinajstić information content (AvgIpc) is 3.21. The number of rotatable bonds is 9. The first-order chi connectivity index (χ1) is 14.9. The van der Waals surface area contributed by atoms with E-state index in [4.69, 9.17) is 14.5 Å². The number of phosphoric ester groups is 1. The quantitative estimate of drug-likeness (QED) is 0.187. The molecule has 1 saturated heterocycles. The van der Waals surface area contributed by atoms with Crippen molar-refractivity contribution in [3.05, 3.63) is 6.33 Å². The van der Waals surface area contributed by atoms with Gasteiger partial charge in [-0.25, -0.2) is 19.5 Å². The molecule has 0 radical (unpaired) electrons. The predicted octanol–water partition coefficient (Wildman–Crippen LogP) is 1.03. The monoisotopic (exact) mass is 503 g/mol. The Hall–Kier alpha value is -1.52. The lowest BCUT2D eigenvalue weighted by molar-refractivity contribution is -0.129. The Bertz CT molecular complexity index is 990. The number of hydrogen-bond donors (Lipinski definition) is 5. The van der Waals surface area contributed by atoms with Crippen molar-refractivity contribution in [2.24, 2.45) is 0 Å². The fourth-order valence-corrected chi connectivity index (χ4v) is 4.13. The maximum atomic E-state index is 12.5. The summed E-state index contributed by atoms with van der Waals surface area (Å²) in [5.74, 6) is -0.0437. The van der Waals surface area contributed by atoms with Gasteiger partial charge >= 0.3 is 14.0 Å². The first-order valence-electron chi connectivity index (χ1n) is 9.29. The van der Waals surface area contributed by atoms with E-state index in [0.717, 1.165) is 11.8 Å². The molecule has 3 heterocycles. The van der Waals surface area contributed by atoms with Gasteiger partial charge in [0.1, 0.15) is 18.3 Å². The van der Waals surface area contributed by atoms with E-state index in [-0.39, 0.29) is 27.9 Å². The second kappa shape index (κ2) is 9.77. The molecule has 0 amide bonds. The van der Waals surface area contributed by atoms with Crippen molar-refractivity contribution < 1.29 is 47.0 Å². The molecule has 12 nitrogen and oxygen atoms in total. The van der Waals surface area contributed by atoms with Gasteiger partial charge in [-0.2, -0.15) is 13.2 Å². The third kappa shape index (κ3) is 6.08. The van der Waals surface area contributed by atoms with Crippen molar-refractivity contribution >= 4 is 36.6 Å². The summed E-state index contributed by atoms with van der Waals surface area (Å²) in [6.07, 6.45) is -9.71. The standard InChI is InChI=1S/C15H21F3N5O7PS/c1-2-19-11-8-12(22-14(21-11)32-4-3-15(16,17)18)23(6-20-8)13-10(25)9(24)7(30-13)5-29-31(26,27)28/h6-7,9-10,13,24-25H,2-5H2,1H3,(H,19,21,22)(H2,26,27,28)/t7-,9?,10?,13-/m1/s1. The number of nitrogens with one attached hydrogen (secondary N) is 1. The molecular formula is C15H21F3N5O7PS. The van der Waals surface area contributed by atoms with Crippen LogP contribution in [0.1, 0.15) is 19.6 Å². The smallest absolute Gasteiger partial charge is 0.387 e. The SMILES string of the molecule is CCNc1nc(SCCC(F)(F)F)nc2c1ncn2[C@@H]1O[C@H](COP(=O)(O)O)C(O)C1O. The first-order valence-corrected chi connectivity index (χ1v) is 11.8. The maximum absolute atomic E-state index is 12.5. The number of alkyl halides is 3. The molecule has 0 bridgehead atoms. The second-order valence-electron chi connectivity index (χ2n) is 6.76. The van der Waals surface area contributed by atoms with Crippen molar-refractivity contribution in [2.45, 2.75) is 49.2 Å². The Balaban J connectivity index is 1.88. The third-order valence-electron chi connectivity index (χ3n) is 4.38. The van der Waals surface area contributed by atoms with Crippen LogP contribution < -0.4 is 5.32 Å². The number of aliphatic hydroxyl groups excluding tert-OH is 2. The van der Waals surface area contributed by atoms with Gasteiger partial charge in [0.05, 0.1) is 19.4 Å². The van der Waals surface area contributed by atoms with Gasteiger partial charge in [-0.1, -0.05) is 11.8 Å². The van der Waals surface area contributed by atoms with Gasteiger partial charge in [-0.15, -0.1) is 0 Å². The molecule has 32 heavy (non-hydrogen) atoms. The van der Waals surface area contributed by atoms with Gasteiger partial charge in [0.25, 0.3) is 0 Å². The van der Waals surface area contributed by atoms with Gasteiger partial charge in [0.15, 0.2) is 28.4 Å². The highest BCUT2D eigenvalue weighted by molar-refractivity contribution is 7.99. The summed E-state index contributed by atoms with van der Waals surface area (Å²) >= 11 is 0.787. The number of imidazole rings is 1. The summed E-state index contributed by atoms with van der Waals surface area (Å²) in [6.45, 7) is 1.53. The van der Waals surface area contributed by atoms with Gasteiger partial charge in [-0.05, 0) is 6.92 Å². The van der Waals surface area contributed by atoms with Crippen LogP contribution >= 0.6 is 19.6 Å². The number of ether oxygens (including phenoxy) is 1. The average molecular weight is 503 g/mol. The molecule has 2 unspecified atom stereocenters. The van der Waals surface area contributed by atoms with E-state index < -0.39 is 51.6 Å². The maximum Gasteiger partial charge on any atom is 0.469 e. The minimum Gasteiger partial charge on any atom is -0.387 e. The van der Waals surface area contributed by atoms with E-state index in [1.165, 1.54) is 10.9 Å². The summed E-state index contributed by atoms with van der Waals surface area (Å²) in [5, 5.41) is 23.6. The molecule has 2 aromatic rings. The Morgan fingerprint density at radius 3 is 2.66 bits per heavy atom. The molecule has 4 atom stereocenters. The number of phosphoric acid groups is 1. The fourth-order valence-electron chi connectivity index (χ4n) is 2.96. The number of anilines is 1. The molecule has 17 heteroatoms. The number of thioether (sulfide) groups is 1. The van der Waals surface area contributed by atoms with Crippen molar-refractivity contribution in [2.75, 3.05) is 24.2 Å². The lowest BCUT2D eigenvalue weighted by Crippen LogP contribution is -2.33. The third-order valence-corrected chi connectivity index (χ3v) is 5.71. The molecule has 1 aliphatic heterocycles. The Kier molecular flexibility index (Phi) is 7.66. The van der Waals surface area contributed by atoms with E-state index in [1.54, 1.807) is 6.92 Å². The van der Waals surface area contributed by atoms with E-state index in [0.29, 0.717) is 6.54 Å². The number of halogens is 3. The van der Waals surface area contributed by atoms with Crippen molar-refractivity contribution in [3.8, 4) is 0 Å². The van der Waals surface area contributed by atoms with Crippen LogP contribution in [0.5, 0.6) is 0 Å². The van der Waals surface area contributed by atoms with Crippen LogP contribution in [0.25, 0.3) is 11.2 Å². The fraction of sp³-hybridized carbons (Fsp3) is 0.667. The first kappa shape index (κ1) is 25.1. The lowest BCUT2D eigenvalue weighted by atomic mass is 10.1. The van der Waals surface area contributed by atoms with Crippen LogP contribution in [0.3, 0.4) is 0 Å². The van der Waals surface area contributed by atoms with Crippen LogP contribution in [0.2, 0.25) is 0 Å². The molecule has 180 valence electrons. The number of aromatic nitrogens is 4. The Morgan fingerprint density at radius 1 is 1.31 bits per heavy atom. The minimum atomic E-state index is -4.83. The number of fused-ring (bicyclic) bond motifs is 1. The summed E-state index contributed by atoms with van der Waals surface area (Å²) < 4.78 is 59.5. The molecule has 1 aliphatic rings. The van der Waals surface area contributed by atoms with Crippen molar-refractivity contribution in [1.29, 1.82) is 0 Å². The summed E-state index contributed by atoms with van der Waals surface area (Å²) in [4.78, 5) is 30.3. The van der Waals surface area contributed by atoms with Crippen molar-refractivity contribution in [1.82, 2.24) is 19.5 Å². The molecule has 3 rings (SSSR count). The lowest BCUT2D eigenvalue weighted by Gasteiger charge is -2.17. The summed E-state index contributed by atoms with van der Waals surface area (Å²) in [6, 6.07) is 0. The molecule has 0 aromatic carbocycles. The largest absolute Gasteiger partial charge is 0.469 e. The zero-order chi connectivity index (χ0) is 23.7. The van der Waals surface area contributed by atoms with E-state index >= 15 is 0 Å². The highest BCUT2D eigenvalue weighted by Gasteiger charge is 2.45. The van der Waals surface area contributed by atoms with E-state index in [2.05, 4.69) is 24.8 Å². The van der Waals surface area contributed by atoms with Crippen LogP contribution in [0.4, 0.5) is 19.0 Å². The molecule has 0 spiro atoms. The topological polar surface area (TPSA) is 172 Å². The van der Waals surface area contributed by atoms with Crippen molar-refractivity contribution in [3.63, 3.8) is 0 Å². The zero-order valence-corrected chi connectivity index (χ0v) is 18.2. The number of nitrogens with zero attached hydrogens (tertiary/aromatic N) is 4. The van der Waals surface area contributed by atoms with Gasteiger partial charge in [0.2, 0.25) is 0 Å². The molecular weight excluding hydrogens is 482 g/mol. The van der Waals surface area contributed by atoms with Crippen LogP contribution in [-0.4, -0.2) is 82.9 Å². The van der Waals surface area contributed by atoms with Gasteiger partial charge in [-0.3, -0.25) is 9.09 Å². The number of hydrogen-bond acceptors (Lipinski definition) is 10. The van der Waals surface area contributed by atoms with Crippen LogP contribution in [0.15, 0.2) is 11.5 Å². The second-order valence-corrected chi connectivity index (χ2v) is 9.06. The molecule has 2 aromatic heterocycles. The Labute approximate surface area is 183 Å². The highest BCUT2D eigenvalue weighted by Crippen LogP contribution is 2.39. The zero-order valence-electron chi connectivity index (χ0n) is 16.5. The molecule has 0 aliphatic carbocycles. The van der Waals surface area contributed by atoms with Crippen LogP contribution in [0, 0.1) is 0 Å². The molecule has 1 fully saturated rings. The summed E-state index contributed by atoms with van der Waals surface area (Å²) in [5.41, 5.74) is 0.380. The highest BCUT2D eigenvalue weighted by atomic mass is 32.2. The minimum absolute atomic E-state index is 0.0360. The Morgan fingerprint density at radius 2 is 2.03 bits per heavy atom. The van der Waals surface area contributed by atoms with Gasteiger partial charge < -0.3 is 30.1 Å². The van der Waals surface area contributed by atoms with E-state index in [9.17, 15) is 27.9 Å². The summed E-state index contributed by atoms with van der Waals surface area (Å²) in [7, 11) is -4.83. The molecule has 5 N–H and O–H groups in total. The normalized spacial score (nSPS) is 24.4. The predicted molar refractivity (Wildman–Crippen MR) is 105 cm³/mol. The van der Waals surface area contributed by atoms with Crippen LogP contribution in [-0.2, 0) is 13.8 Å². The molecule has 0 saturated carbocycles. The van der Waals surface area contributed by atoms with E-state index in [1.807, 2.05) is 0 Å². The number of aliphatic hydroxyl groups is 2.